The molecule has 1 aliphatic carbocycles. The molecule has 1 aromatic carbocycles. The highest BCUT2D eigenvalue weighted by Gasteiger charge is 2.38. The smallest absolute Gasteiger partial charge is 0.343 e. The van der Waals surface area contributed by atoms with Crippen LogP contribution in [0.25, 0.3) is 0 Å². The number of benzene rings is 1. The van der Waals surface area contributed by atoms with Crippen molar-refractivity contribution >= 4 is 21.4 Å². The van der Waals surface area contributed by atoms with Crippen LogP contribution in [0.1, 0.15) is 78.5 Å². The molecule has 0 bridgehead atoms. The Labute approximate surface area is 241 Å². The van der Waals surface area contributed by atoms with Crippen LogP contribution in [0.3, 0.4) is 0 Å². The van der Waals surface area contributed by atoms with Gasteiger partial charge in [0.25, 0.3) is 0 Å². The molecule has 2 N–H and O–H groups in total. The van der Waals surface area contributed by atoms with Crippen molar-refractivity contribution in [3.05, 3.63) is 97.2 Å². The Morgan fingerprint density at radius 2 is 1.80 bits per heavy atom. The third-order valence-corrected chi connectivity index (χ3v) is 9.71. The minimum absolute atomic E-state index is 0.0265. The van der Waals surface area contributed by atoms with Crippen LogP contribution in [0.2, 0.25) is 0 Å². The monoisotopic (exact) mass is 574 g/mol. The standard InChI is InChI=1S/C29H28N4O3S2.C2H6/c1-3-21(13-20-7-5-4-6-8-20)25-14-24(34)28(29(35)36-25)27(22-9-10-22)26-12-11-23(37-26)15-33-19(2)38(16-30,17-31)18-32;1-2/h4-8,11-12,14,21-22,27,33-34H,2-3,9-10,13,15H2,1H3;1-2H3. The summed E-state index contributed by atoms with van der Waals surface area (Å²) in [6, 6.07) is 15.4. The highest BCUT2D eigenvalue weighted by atomic mass is 32.3. The molecule has 40 heavy (non-hydrogen) atoms. The van der Waals surface area contributed by atoms with Gasteiger partial charge in [0, 0.05) is 34.2 Å². The Kier molecular flexibility index (Phi) is 10.6. The highest BCUT2D eigenvalue weighted by Crippen LogP contribution is 2.51. The maximum atomic E-state index is 13.3. The van der Waals surface area contributed by atoms with Gasteiger partial charge >= 0.3 is 5.63 Å². The molecule has 9 heteroatoms. The lowest BCUT2D eigenvalue weighted by Gasteiger charge is -2.19. The minimum Gasteiger partial charge on any atom is -0.507 e. The fourth-order valence-corrected chi connectivity index (χ4v) is 6.46. The molecule has 3 aromatic rings. The summed E-state index contributed by atoms with van der Waals surface area (Å²) in [5, 5.41) is 47.4. The normalized spacial score (nSPS) is 14.3. The first-order valence-electron chi connectivity index (χ1n) is 13.3. The Hall–Kier alpha value is -3.97. The predicted octanol–water partition coefficient (Wildman–Crippen LogP) is 7.52. The van der Waals surface area contributed by atoms with Gasteiger partial charge in [-0.25, -0.2) is 4.79 Å². The summed E-state index contributed by atoms with van der Waals surface area (Å²) in [5.74, 6) is 0.389. The third-order valence-electron chi connectivity index (χ3n) is 6.84. The zero-order valence-corrected chi connectivity index (χ0v) is 24.6. The van der Waals surface area contributed by atoms with Crippen molar-refractivity contribution < 1.29 is 9.52 Å². The largest absolute Gasteiger partial charge is 0.507 e. The molecule has 0 aliphatic heterocycles. The molecular formula is C31H34N4O3S2. The van der Waals surface area contributed by atoms with Gasteiger partial charge in [-0.2, -0.15) is 15.8 Å². The Morgan fingerprint density at radius 3 is 2.35 bits per heavy atom. The van der Waals surface area contributed by atoms with Crippen LogP contribution in [0.4, 0.5) is 0 Å². The first kappa shape index (κ1) is 30.6. The van der Waals surface area contributed by atoms with Crippen molar-refractivity contribution in [3.8, 4) is 22.0 Å². The number of rotatable bonds is 11. The summed E-state index contributed by atoms with van der Waals surface area (Å²) in [6.45, 7) is 10.1. The average molecular weight is 575 g/mol. The molecule has 0 spiro atoms. The minimum atomic E-state index is -2.93. The number of thiocyanates is 3. The third kappa shape index (κ3) is 6.77. The van der Waals surface area contributed by atoms with Crippen LogP contribution >= 0.6 is 21.4 Å². The van der Waals surface area contributed by atoms with Crippen molar-refractivity contribution in [2.75, 3.05) is 0 Å². The van der Waals surface area contributed by atoms with Gasteiger partial charge in [0.1, 0.15) is 27.7 Å². The van der Waals surface area contributed by atoms with Gasteiger partial charge < -0.3 is 14.8 Å². The maximum absolute atomic E-state index is 13.3. The van der Waals surface area contributed by atoms with E-state index in [2.05, 4.69) is 11.9 Å². The molecular weight excluding hydrogens is 541 g/mol. The van der Waals surface area contributed by atoms with Gasteiger partial charge in [-0.05, 0) is 49.3 Å². The van der Waals surface area contributed by atoms with Crippen molar-refractivity contribution in [1.82, 2.24) is 5.32 Å². The summed E-state index contributed by atoms with van der Waals surface area (Å²) in [6.07, 6.45) is 3.39. The van der Waals surface area contributed by atoms with Gasteiger partial charge in [0.05, 0.1) is 20.6 Å². The van der Waals surface area contributed by atoms with Crippen LogP contribution < -0.4 is 10.9 Å². The predicted molar refractivity (Wildman–Crippen MR) is 160 cm³/mol. The zero-order valence-electron chi connectivity index (χ0n) is 23.0. The molecule has 7 nitrogen and oxygen atoms in total. The topological polar surface area (TPSA) is 134 Å². The van der Waals surface area contributed by atoms with E-state index < -0.39 is 15.7 Å². The number of nitriles is 3. The quantitative estimate of drug-likeness (QED) is 0.226. The molecule has 0 saturated heterocycles. The van der Waals surface area contributed by atoms with Gasteiger partial charge in [-0.15, -0.1) is 11.3 Å². The van der Waals surface area contributed by atoms with E-state index in [-0.39, 0.29) is 35.1 Å². The molecule has 2 heterocycles. The average Bonchev–Trinajstić information content (AvgIpc) is 3.71. The molecule has 2 aromatic heterocycles. The number of nitrogens with zero attached hydrogens (tertiary/aromatic N) is 3. The highest BCUT2D eigenvalue weighted by molar-refractivity contribution is 8.47. The van der Waals surface area contributed by atoms with E-state index in [1.807, 2.05) is 63.2 Å². The van der Waals surface area contributed by atoms with Crippen molar-refractivity contribution in [2.24, 2.45) is 5.92 Å². The second kappa shape index (κ2) is 13.9. The van der Waals surface area contributed by atoms with Crippen molar-refractivity contribution in [1.29, 1.82) is 15.8 Å². The molecule has 4 rings (SSSR count). The molecule has 1 fully saturated rings. The number of hydrogen-bond acceptors (Lipinski definition) is 8. The fraction of sp³-hybridized carbons (Fsp3) is 0.355. The van der Waals surface area contributed by atoms with Crippen LogP contribution in [0, 0.1) is 37.9 Å². The Morgan fingerprint density at radius 1 is 1.15 bits per heavy atom. The van der Waals surface area contributed by atoms with Crippen LogP contribution in [0.15, 0.2) is 69.4 Å². The summed E-state index contributed by atoms with van der Waals surface area (Å²) in [7, 11) is -2.93. The van der Waals surface area contributed by atoms with E-state index in [1.165, 1.54) is 11.3 Å². The lowest BCUT2D eigenvalue weighted by molar-refractivity contribution is 0.380. The van der Waals surface area contributed by atoms with Gasteiger partial charge in [0.2, 0.25) is 0 Å². The summed E-state index contributed by atoms with van der Waals surface area (Å²) in [5.41, 5.74) is 0.927. The molecule has 1 aliphatic rings. The molecule has 2 atom stereocenters. The van der Waals surface area contributed by atoms with Crippen LogP contribution in [-0.4, -0.2) is 5.11 Å². The number of thiophene rings is 1. The lowest BCUT2D eigenvalue weighted by Crippen LogP contribution is -2.17. The van der Waals surface area contributed by atoms with Crippen LogP contribution in [0.5, 0.6) is 5.75 Å². The van der Waals surface area contributed by atoms with Gasteiger partial charge in [-0.1, -0.05) is 57.7 Å². The number of hydrogen-bond donors (Lipinski definition) is 2. The Bertz CT molecular complexity index is 1470. The Balaban J connectivity index is 0.00000216. The first-order chi connectivity index (χ1) is 19.4. The molecule has 2 unspecified atom stereocenters. The molecule has 1 saturated carbocycles. The summed E-state index contributed by atoms with van der Waals surface area (Å²) < 4.78 is 5.83. The zero-order chi connectivity index (χ0) is 29.3. The molecule has 208 valence electrons. The van der Waals surface area contributed by atoms with Crippen LogP contribution in [-0.2, 0) is 13.0 Å². The lowest BCUT2D eigenvalue weighted by atomic mass is 9.90. The van der Waals surface area contributed by atoms with E-state index in [0.29, 0.717) is 17.7 Å². The van der Waals surface area contributed by atoms with Crippen molar-refractivity contribution in [3.63, 3.8) is 0 Å². The maximum Gasteiger partial charge on any atom is 0.343 e. The van der Waals surface area contributed by atoms with E-state index >= 15 is 0 Å². The first-order valence-corrected chi connectivity index (χ1v) is 15.8. The number of nitrogens with one attached hydrogen (secondary N) is 1. The second-order valence-electron chi connectivity index (χ2n) is 9.31. The number of aromatic hydroxyl groups is 1. The van der Waals surface area contributed by atoms with E-state index in [1.54, 1.807) is 22.3 Å². The summed E-state index contributed by atoms with van der Waals surface area (Å²) in [4.78, 5) is 15.1. The molecule has 0 radical (unpaired) electrons. The SMILES string of the molecule is C=C(NCc1ccc(C(c2c(O)cc(C(CC)Cc3ccccc3)oc2=O)C2CC2)s1)S(C#N)(C#N)C#N.CC. The van der Waals surface area contributed by atoms with E-state index in [0.717, 1.165) is 34.6 Å². The van der Waals surface area contributed by atoms with Crippen molar-refractivity contribution in [2.45, 2.75) is 64.8 Å². The summed E-state index contributed by atoms with van der Waals surface area (Å²) >= 11 is 1.48. The molecule has 0 amide bonds. The second-order valence-corrected chi connectivity index (χ2v) is 12.8. The fourth-order valence-electron chi connectivity index (χ4n) is 4.56. The van der Waals surface area contributed by atoms with E-state index in [4.69, 9.17) is 4.42 Å². The van der Waals surface area contributed by atoms with Gasteiger partial charge in [0.15, 0.2) is 0 Å². The van der Waals surface area contributed by atoms with E-state index in [9.17, 15) is 25.7 Å². The van der Waals surface area contributed by atoms with Gasteiger partial charge in [-0.3, -0.25) is 0 Å².